The van der Waals surface area contributed by atoms with Gasteiger partial charge in [-0.3, -0.25) is 0 Å². The molecular weight excluding hydrogens is 290 g/mol. The molecule has 21 heavy (non-hydrogen) atoms. The summed E-state index contributed by atoms with van der Waals surface area (Å²) in [4.78, 5) is 0. The van der Waals surface area contributed by atoms with Crippen molar-refractivity contribution in [2.45, 2.75) is 12.6 Å². The van der Waals surface area contributed by atoms with E-state index in [1.54, 1.807) is 24.3 Å². The smallest absolute Gasteiger partial charge is 0.160 e. The van der Waals surface area contributed by atoms with Gasteiger partial charge >= 0.3 is 0 Å². The highest BCUT2D eigenvalue weighted by atomic mass is 35.5. The summed E-state index contributed by atoms with van der Waals surface area (Å²) in [5.74, 6) is 0.540. The van der Waals surface area contributed by atoms with Gasteiger partial charge in [-0.05, 0) is 23.8 Å². The first-order chi connectivity index (χ1) is 10.1. The second kappa shape index (κ2) is 7.31. The van der Waals surface area contributed by atoms with Crippen molar-refractivity contribution in [1.82, 2.24) is 5.32 Å². The topological polar surface area (TPSA) is 61.7 Å². The zero-order valence-electron chi connectivity index (χ0n) is 11.7. The summed E-state index contributed by atoms with van der Waals surface area (Å²) in [6.45, 7) is 0.898. The zero-order valence-corrected chi connectivity index (χ0v) is 12.5. The van der Waals surface area contributed by atoms with Crippen molar-refractivity contribution in [2.75, 3.05) is 13.7 Å². The van der Waals surface area contributed by atoms with Gasteiger partial charge in [-0.15, -0.1) is 0 Å². The first-order valence-electron chi connectivity index (χ1n) is 6.61. The number of phenolic OH excluding ortho intramolecular Hbond substituents is 1. The monoisotopic (exact) mass is 307 g/mol. The van der Waals surface area contributed by atoms with E-state index < -0.39 is 6.10 Å². The van der Waals surface area contributed by atoms with E-state index in [1.165, 1.54) is 7.11 Å². The van der Waals surface area contributed by atoms with E-state index >= 15 is 0 Å². The lowest BCUT2D eigenvalue weighted by atomic mass is 10.1. The Morgan fingerprint density at radius 2 is 2.00 bits per heavy atom. The van der Waals surface area contributed by atoms with Crippen molar-refractivity contribution in [3.8, 4) is 11.5 Å². The Bertz CT molecular complexity index is 604. The largest absolute Gasteiger partial charge is 0.504 e. The number of hydrogen-bond acceptors (Lipinski definition) is 4. The number of rotatable bonds is 6. The molecule has 0 aromatic heterocycles. The normalized spacial score (nSPS) is 12.1. The molecule has 0 aliphatic heterocycles. The number of aromatic hydroxyl groups is 1. The summed E-state index contributed by atoms with van der Waals surface area (Å²) >= 11 is 6.03. The standard InChI is InChI=1S/C16H18ClNO3/c1-21-16-7-6-11(8-14(16)19)9-18-10-15(20)12-4-2-3-5-13(12)17/h2-8,15,18-20H,9-10H2,1H3. The van der Waals surface area contributed by atoms with E-state index in [2.05, 4.69) is 5.32 Å². The minimum atomic E-state index is -0.675. The Balaban J connectivity index is 1.89. The molecule has 0 saturated carbocycles. The van der Waals surface area contributed by atoms with Gasteiger partial charge in [0.05, 0.1) is 13.2 Å². The number of ether oxygens (including phenoxy) is 1. The van der Waals surface area contributed by atoms with Gasteiger partial charge in [0.1, 0.15) is 0 Å². The Labute approximate surface area is 129 Å². The van der Waals surface area contributed by atoms with Crippen molar-refractivity contribution < 1.29 is 14.9 Å². The molecule has 0 bridgehead atoms. The van der Waals surface area contributed by atoms with Crippen LogP contribution in [0.3, 0.4) is 0 Å². The molecule has 0 amide bonds. The molecule has 0 saturated heterocycles. The van der Waals surface area contributed by atoms with Crippen LogP contribution in [0.1, 0.15) is 17.2 Å². The van der Waals surface area contributed by atoms with E-state index in [4.69, 9.17) is 16.3 Å². The summed E-state index contributed by atoms with van der Waals surface area (Å²) in [6, 6.07) is 12.4. The highest BCUT2D eigenvalue weighted by Crippen LogP contribution is 2.26. The van der Waals surface area contributed by atoms with E-state index in [0.717, 1.165) is 5.56 Å². The third kappa shape index (κ3) is 4.11. The molecule has 0 spiro atoms. The van der Waals surface area contributed by atoms with Crippen LogP contribution >= 0.6 is 11.6 Å². The van der Waals surface area contributed by atoms with Crippen molar-refractivity contribution >= 4 is 11.6 Å². The summed E-state index contributed by atoms with van der Waals surface area (Å²) in [5.41, 5.74) is 1.60. The first kappa shape index (κ1) is 15.6. The van der Waals surface area contributed by atoms with Gasteiger partial charge in [0.25, 0.3) is 0 Å². The number of methoxy groups -OCH3 is 1. The third-order valence-electron chi connectivity index (χ3n) is 3.17. The molecular formula is C16H18ClNO3. The number of benzene rings is 2. The number of nitrogens with one attached hydrogen (secondary N) is 1. The van der Waals surface area contributed by atoms with E-state index in [-0.39, 0.29) is 5.75 Å². The van der Waals surface area contributed by atoms with Crippen molar-refractivity contribution in [3.05, 3.63) is 58.6 Å². The lowest BCUT2D eigenvalue weighted by Gasteiger charge is -2.14. The van der Waals surface area contributed by atoms with Crippen LogP contribution in [0.4, 0.5) is 0 Å². The van der Waals surface area contributed by atoms with Crippen LogP contribution in [-0.2, 0) is 6.54 Å². The van der Waals surface area contributed by atoms with Crippen LogP contribution in [-0.4, -0.2) is 23.9 Å². The van der Waals surface area contributed by atoms with E-state index in [0.29, 0.717) is 29.4 Å². The predicted octanol–water partition coefficient (Wildman–Crippen LogP) is 2.88. The molecule has 112 valence electrons. The second-order valence-corrected chi connectivity index (χ2v) is 5.08. The van der Waals surface area contributed by atoms with Crippen LogP contribution in [0.15, 0.2) is 42.5 Å². The number of hydrogen-bond donors (Lipinski definition) is 3. The molecule has 2 aromatic rings. The molecule has 0 aliphatic carbocycles. The van der Waals surface area contributed by atoms with E-state index in [9.17, 15) is 10.2 Å². The predicted molar refractivity (Wildman–Crippen MR) is 82.8 cm³/mol. The highest BCUT2D eigenvalue weighted by molar-refractivity contribution is 6.31. The average Bonchev–Trinajstić information content (AvgIpc) is 2.48. The quantitative estimate of drug-likeness (QED) is 0.768. The molecule has 2 rings (SSSR count). The van der Waals surface area contributed by atoms with Crippen LogP contribution in [0.5, 0.6) is 11.5 Å². The third-order valence-corrected chi connectivity index (χ3v) is 3.52. The van der Waals surface area contributed by atoms with Gasteiger partial charge in [0.15, 0.2) is 11.5 Å². The van der Waals surface area contributed by atoms with Gasteiger partial charge in [0.2, 0.25) is 0 Å². The maximum atomic E-state index is 10.1. The fraction of sp³-hybridized carbons (Fsp3) is 0.250. The average molecular weight is 308 g/mol. The maximum Gasteiger partial charge on any atom is 0.160 e. The molecule has 1 atom stereocenters. The van der Waals surface area contributed by atoms with Crippen LogP contribution in [0.25, 0.3) is 0 Å². The number of halogens is 1. The maximum absolute atomic E-state index is 10.1. The van der Waals surface area contributed by atoms with Gasteiger partial charge in [-0.25, -0.2) is 0 Å². The minimum Gasteiger partial charge on any atom is -0.504 e. The van der Waals surface area contributed by atoms with E-state index in [1.807, 2.05) is 18.2 Å². The summed E-state index contributed by atoms with van der Waals surface area (Å²) in [6.07, 6.45) is -0.675. The van der Waals surface area contributed by atoms with Crippen molar-refractivity contribution in [3.63, 3.8) is 0 Å². The van der Waals surface area contributed by atoms with Crippen LogP contribution in [0.2, 0.25) is 5.02 Å². The minimum absolute atomic E-state index is 0.100. The lowest BCUT2D eigenvalue weighted by molar-refractivity contribution is 0.174. The summed E-state index contributed by atoms with van der Waals surface area (Å²) < 4.78 is 4.99. The Kier molecular flexibility index (Phi) is 5.44. The fourth-order valence-corrected chi connectivity index (χ4v) is 2.32. The summed E-state index contributed by atoms with van der Waals surface area (Å²) in [7, 11) is 1.51. The Morgan fingerprint density at radius 1 is 1.24 bits per heavy atom. The SMILES string of the molecule is COc1ccc(CNCC(O)c2ccccc2Cl)cc1O. The Morgan fingerprint density at radius 3 is 2.67 bits per heavy atom. The number of aliphatic hydroxyl groups excluding tert-OH is 1. The molecule has 2 aromatic carbocycles. The van der Waals surface area contributed by atoms with Gasteiger partial charge in [-0.2, -0.15) is 0 Å². The molecule has 1 unspecified atom stereocenters. The molecule has 5 heteroatoms. The number of aliphatic hydroxyl groups is 1. The highest BCUT2D eigenvalue weighted by Gasteiger charge is 2.10. The zero-order chi connectivity index (χ0) is 15.2. The molecule has 0 aliphatic rings. The summed E-state index contributed by atoms with van der Waals surface area (Å²) in [5, 5.41) is 23.5. The van der Waals surface area contributed by atoms with Gasteiger partial charge in [-0.1, -0.05) is 35.9 Å². The molecule has 0 heterocycles. The van der Waals surface area contributed by atoms with Gasteiger partial charge < -0.3 is 20.3 Å². The van der Waals surface area contributed by atoms with Crippen LogP contribution < -0.4 is 10.1 Å². The molecule has 0 fully saturated rings. The fourth-order valence-electron chi connectivity index (χ4n) is 2.05. The van der Waals surface area contributed by atoms with Crippen molar-refractivity contribution in [1.29, 1.82) is 0 Å². The van der Waals surface area contributed by atoms with Crippen LogP contribution in [0, 0.1) is 0 Å². The molecule has 0 radical (unpaired) electrons. The lowest BCUT2D eigenvalue weighted by Crippen LogP contribution is -2.21. The second-order valence-electron chi connectivity index (χ2n) is 4.67. The first-order valence-corrected chi connectivity index (χ1v) is 6.98. The molecule has 3 N–H and O–H groups in total. The Hall–Kier alpha value is -1.75. The molecule has 4 nitrogen and oxygen atoms in total. The van der Waals surface area contributed by atoms with Gasteiger partial charge in [0, 0.05) is 23.7 Å². The van der Waals surface area contributed by atoms with Crippen molar-refractivity contribution in [2.24, 2.45) is 0 Å². The number of phenols is 1.